The van der Waals surface area contributed by atoms with Crippen LogP contribution in [-0.4, -0.2) is 22.4 Å². The number of carbonyl (C=O) groups is 1. The molecule has 0 aliphatic heterocycles. The van der Waals surface area contributed by atoms with E-state index in [1.165, 1.54) is 0 Å². The normalized spacial score (nSPS) is 10.1. The number of aryl methyl sites for hydroxylation is 1. The number of nitrogens with one attached hydrogen (secondary N) is 2. The lowest BCUT2D eigenvalue weighted by molar-refractivity contribution is 0.102. The Morgan fingerprint density at radius 2 is 1.85 bits per heavy atom. The summed E-state index contributed by atoms with van der Waals surface area (Å²) in [6.45, 7) is 4.81. The quantitative estimate of drug-likeness (QED) is 0.876. The highest BCUT2D eigenvalue weighted by Crippen LogP contribution is 2.17. The van der Waals surface area contributed by atoms with Crippen LogP contribution in [-0.2, 0) is 0 Å². The number of hydrogen-bond donors (Lipinski definition) is 2. The molecule has 5 heteroatoms. The highest BCUT2D eigenvalue weighted by Gasteiger charge is 2.12. The average Bonchev–Trinajstić information content (AvgIpc) is 2.47. The summed E-state index contributed by atoms with van der Waals surface area (Å²) >= 11 is 0. The highest BCUT2D eigenvalue weighted by atomic mass is 16.1. The van der Waals surface area contributed by atoms with E-state index >= 15 is 0 Å². The van der Waals surface area contributed by atoms with E-state index in [1.54, 1.807) is 30.9 Å². The van der Waals surface area contributed by atoms with Crippen LogP contribution in [0, 0.1) is 6.92 Å². The van der Waals surface area contributed by atoms with E-state index in [0.29, 0.717) is 5.56 Å². The molecule has 2 aromatic heterocycles. The van der Waals surface area contributed by atoms with Crippen molar-refractivity contribution < 1.29 is 4.79 Å². The smallest absolute Gasteiger partial charge is 0.257 e. The number of amides is 1. The Balaban J connectivity index is 2.19. The first kappa shape index (κ1) is 14.0. The number of carbonyl (C=O) groups excluding carboxylic acids is 1. The van der Waals surface area contributed by atoms with Crippen molar-refractivity contribution in [2.24, 2.45) is 0 Å². The van der Waals surface area contributed by atoms with Crippen LogP contribution >= 0.6 is 0 Å². The van der Waals surface area contributed by atoms with Crippen LogP contribution in [0.25, 0.3) is 0 Å². The van der Waals surface area contributed by atoms with Gasteiger partial charge in [-0.1, -0.05) is 6.92 Å². The van der Waals surface area contributed by atoms with Gasteiger partial charge in [0.05, 0.1) is 29.3 Å². The maximum absolute atomic E-state index is 12.3. The van der Waals surface area contributed by atoms with Crippen LogP contribution in [0.5, 0.6) is 0 Å². The standard InChI is InChI=1S/C15H18N4O/c1-3-6-18-14-10-17-8-5-12(14)15(20)19-13-9-16-7-4-11(13)2/h4-5,7-10,18H,3,6H2,1-2H3,(H,19,20). The maximum atomic E-state index is 12.3. The van der Waals surface area contributed by atoms with Gasteiger partial charge in [0.2, 0.25) is 0 Å². The molecule has 0 atom stereocenters. The van der Waals surface area contributed by atoms with Crippen molar-refractivity contribution in [1.82, 2.24) is 9.97 Å². The largest absolute Gasteiger partial charge is 0.383 e. The number of aromatic nitrogens is 2. The predicted octanol–water partition coefficient (Wildman–Crippen LogP) is 2.86. The SMILES string of the molecule is CCCNc1cnccc1C(=O)Nc1cnccc1C. The van der Waals surface area contributed by atoms with Crippen molar-refractivity contribution in [2.45, 2.75) is 20.3 Å². The van der Waals surface area contributed by atoms with E-state index in [9.17, 15) is 4.79 Å². The second-order valence-electron chi connectivity index (χ2n) is 4.49. The summed E-state index contributed by atoms with van der Waals surface area (Å²) in [5.41, 5.74) is 3.02. The summed E-state index contributed by atoms with van der Waals surface area (Å²) < 4.78 is 0. The van der Waals surface area contributed by atoms with Crippen LogP contribution in [0.15, 0.2) is 36.9 Å². The first-order chi connectivity index (χ1) is 9.72. The molecule has 2 N–H and O–H groups in total. The third-order valence-corrected chi connectivity index (χ3v) is 2.92. The van der Waals surface area contributed by atoms with Gasteiger partial charge in [-0.2, -0.15) is 0 Å². The molecule has 0 saturated carbocycles. The lowest BCUT2D eigenvalue weighted by Gasteiger charge is -2.12. The van der Waals surface area contributed by atoms with Crippen molar-refractivity contribution in [3.8, 4) is 0 Å². The minimum Gasteiger partial charge on any atom is -0.383 e. The second-order valence-corrected chi connectivity index (χ2v) is 4.49. The summed E-state index contributed by atoms with van der Waals surface area (Å²) in [6, 6.07) is 3.57. The van der Waals surface area contributed by atoms with Crippen molar-refractivity contribution in [3.05, 3.63) is 48.0 Å². The molecule has 2 heterocycles. The van der Waals surface area contributed by atoms with Crippen molar-refractivity contribution in [3.63, 3.8) is 0 Å². The average molecular weight is 270 g/mol. The Kier molecular flexibility index (Phi) is 4.65. The molecule has 0 aliphatic rings. The van der Waals surface area contributed by atoms with Gasteiger partial charge in [0, 0.05) is 18.9 Å². The van der Waals surface area contributed by atoms with Gasteiger partial charge in [-0.25, -0.2) is 0 Å². The fraction of sp³-hybridized carbons (Fsp3) is 0.267. The van der Waals surface area contributed by atoms with E-state index < -0.39 is 0 Å². The molecule has 2 aromatic rings. The van der Waals surface area contributed by atoms with Gasteiger partial charge in [-0.3, -0.25) is 14.8 Å². The summed E-state index contributed by atoms with van der Waals surface area (Å²) in [5.74, 6) is -0.165. The van der Waals surface area contributed by atoms with Gasteiger partial charge in [-0.05, 0) is 31.0 Å². The fourth-order valence-corrected chi connectivity index (χ4v) is 1.78. The molecule has 20 heavy (non-hydrogen) atoms. The molecule has 0 unspecified atom stereocenters. The van der Waals surface area contributed by atoms with Crippen molar-refractivity contribution in [1.29, 1.82) is 0 Å². The molecular formula is C15H18N4O. The maximum Gasteiger partial charge on any atom is 0.257 e. The third kappa shape index (κ3) is 3.32. The first-order valence-electron chi connectivity index (χ1n) is 6.62. The molecule has 104 valence electrons. The van der Waals surface area contributed by atoms with E-state index in [1.807, 2.05) is 13.0 Å². The Hall–Kier alpha value is -2.43. The topological polar surface area (TPSA) is 66.9 Å². The number of pyridine rings is 2. The van der Waals surface area contributed by atoms with Gasteiger partial charge in [0.15, 0.2) is 0 Å². The molecule has 0 radical (unpaired) electrons. The molecule has 1 amide bonds. The Morgan fingerprint density at radius 3 is 2.55 bits per heavy atom. The first-order valence-corrected chi connectivity index (χ1v) is 6.62. The second kappa shape index (κ2) is 6.65. The van der Waals surface area contributed by atoms with Gasteiger partial charge in [0.25, 0.3) is 5.91 Å². The zero-order chi connectivity index (χ0) is 14.4. The Labute approximate surface area is 118 Å². The molecule has 2 rings (SSSR count). The van der Waals surface area contributed by atoms with Gasteiger partial charge in [-0.15, -0.1) is 0 Å². The molecule has 0 spiro atoms. The molecular weight excluding hydrogens is 252 g/mol. The van der Waals surface area contributed by atoms with E-state index in [4.69, 9.17) is 0 Å². The molecule has 0 saturated heterocycles. The van der Waals surface area contributed by atoms with Gasteiger partial charge in [0.1, 0.15) is 0 Å². The van der Waals surface area contributed by atoms with Crippen molar-refractivity contribution in [2.75, 3.05) is 17.2 Å². The van der Waals surface area contributed by atoms with Crippen LogP contribution < -0.4 is 10.6 Å². The molecule has 0 bridgehead atoms. The van der Waals surface area contributed by atoms with Crippen molar-refractivity contribution >= 4 is 17.3 Å². The van der Waals surface area contributed by atoms with Gasteiger partial charge < -0.3 is 10.6 Å². The lowest BCUT2D eigenvalue weighted by atomic mass is 10.2. The minimum absolute atomic E-state index is 0.165. The summed E-state index contributed by atoms with van der Waals surface area (Å²) in [4.78, 5) is 20.4. The summed E-state index contributed by atoms with van der Waals surface area (Å²) in [7, 11) is 0. The Morgan fingerprint density at radius 1 is 1.15 bits per heavy atom. The lowest BCUT2D eigenvalue weighted by Crippen LogP contribution is -2.16. The number of hydrogen-bond acceptors (Lipinski definition) is 4. The Bertz CT molecular complexity index is 598. The molecule has 0 fully saturated rings. The number of anilines is 2. The predicted molar refractivity (Wildman–Crippen MR) is 79.9 cm³/mol. The number of nitrogens with zero attached hydrogens (tertiary/aromatic N) is 2. The van der Waals surface area contributed by atoms with Crippen LogP contribution in [0.4, 0.5) is 11.4 Å². The van der Waals surface area contributed by atoms with E-state index in [2.05, 4.69) is 27.5 Å². The zero-order valence-corrected chi connectivity index (χ0v) is 11.7. The fourth-order valence-electron chi connectivity index (χ4n) is 1.78. The van der Waals surface area contributed by atoms with E-state index in [0.717, 1.165) is 29.9 Å². The van der Waals surface area contributed by atoms with E-state index in [-0.39, 0.29) is 5.91 Å². The highest BCUT2D eigenvalue weighted by molar-refractivity contribution is 6.08. The summed E-state index contributed by atoms with van der Waals surface area (Å²) in [6.07, 6.45) is 7.61. The number of rotatable bonds is 5. The molecule has 0 aliphatic carbocycles. The molecule has 0 aromatic carbocycles. The summed E-state index contributed by atoms with van der Waals surface area (Å²) in [5, 5.41) is 6.08. The van der Waals surface area contributed by atoms with Crippen LogP contribution in [0.2, 0.25) is 0 Å². The minimum atomic E-state index is -0.165. The van der Waals surface area contributed by atoms with Crippen LogP contribution in [0.3, 0.4) is 0 Å². The van der Waals surface area contributed by atoms with Gasteiger partial charge >= 0.3 is 0 Å². The third-order valence-electron chi connectivity index (χ3n) is 2.92. The zero-order valence-electron chi connectivity index (χ0n) is 11.7. The monoisotopic (exact) mass is 270 g/mol. The molecule has 5 nitrogen and oxygen atoms in total. The van der Waals surface area contributed by atoms with Crippen LogP contribution in [0.1, 0.15) is 29.3 Å².